The third-order valence-electron chi connectivity index (χ3n) is 13.9. The lowest BCUT2D eigenvalue weighted by atomic mass is 10.0. The zero-order valence-corrected chi connectivity index (χ0v) is 50.2. The van der Waals surface area contributed by atoms with Crippen molar-refractivity contribution in [1.82, 2.24) is 5.32 Å². The van der Waals surface area contributed by atoms with E-state index in [2.05, 4.69) is 79.9 Å². The van der Waals surface area contributed by atoms with E-state index in [1.165, 1.54) is 186 Å². The number of aliphatic hydroxyl groups excluding tert-OH is 1. The van der Waals surface area contributed by atoms with Crippen LogP contribution in [0.5, 0.6) is 0 Å². The van der Waals surface area contributed by atoms with E-state index in [0.717, 1.165) is 77.0 Å². The van der Waals surface area contributed by atoms with Crippen LogP contribution >= 0.6 is 7.82 Å². The molecule has 3 atom stereocenters. The minimum absolute atomic E-state index is 0.00478. The molecule has 0 aliphatic rings. The van der Waals surface area contributed by atoms with Gasteiger partial charge >= 0.3 is 0 Å². The predicted octanol–water partition coefficient (Wildman–Crippen LogP) is 18.8. The van der Waals surface area contributed by atoms with E-state index in [4.69, 9.17) is 9.05 Å². The van der Waals surface area contributed by atoms with Gasteiger partial charge in [0.1, 0.15) is 13.2 Å². The zero-order chi connectivity index (χ0) is 54.2. The van der Waals surface area contributed by atoms with Gasteiger partial charge in [-0.2, -0.15) is 0 Å². The lowest BCUT2D eigenvalue weighted by molar-refractivity contribution is -0.870. The van der Waals surface area contributed by atoms with Gasteiger partial charge in [-0.05, 0) is 64.2 Å². The summed E-state index contributed by atoms with van der Waals surface area (Å²) in [5.41, 5.74) is 0. The SMILES string of the molecule is CC/C=C\C/C=C\C/C=C\C/C=C\C/C=C\CCCCCCCCCCCC(=O)NC(COP(=O)([O-])OCC[N+](C)(C)C)C(O)/C=C/CCCCCCCCCCCCCCCCCCCCCCCCCCC. The summed E-state index contributed by atoms with van der Waals surface area (Å²) < 4.78 is 23.4. The van der Waals surface area contributed by atoms with E-state index >= 15 is 0 Å². The van der Waals surface area contributed by atoms with E-state index in [9.17, 15) is 19.4 Å². The van der Waals surface area contributed by atoms with Crippen LogP contribution in [0, 0.1) is 0 Å². The van der Waals surface area contributed by atoms with E-state index in [1.807, 2.05) is 27.2 Å². The van der Waals surface area contributed by atoms with Gasteiger partial charge in [0.15, 0.2) is 0 Å². The van der Waals surface area contributed by atoms with Crippen LogP contribution in [0.3, 0.4) is 0 Å². The molecule has 432 valence electrons. The van der Waals surface area contributed by atoms with Gasteiger partial charge in [-0.15, -0.1) is 0 Å². The molecule has 8 nitrogen and oxygen atoms in total. The van der Waals surface area contributed by atoms with E-state index in [-0.39, 0.29) is 19.1 Å². The quantitative estimate of drug-likeness (QED) is 0.0272. The van der Waals surface area contributed by atoms with Crippen molar-refractivity contribution in [2.45, 2.75) is 296 Å². The Hall–Kier alpha value is -2.06. The number of likely N-dealkylation sites (N-methyl/N-ethyl adjacent to an activating group) is 1. The molecule has 0 saturated heterocycles. The van der Waals surface area contributed by atoms with Gasteiger partial charge in [-0.1, -0.05) is 286 Å². The van der Waals surface area contributed by atoms with Gasteiger partial charge in [-0.25, -0.2) is 0 Å². The average molecular weight is 1060 g/mol. The number of rotatable bonds is 57. The molecule has 2 N–H and O–H groups in total. The van der Waals surface area contributed by atoms with E-state index in [0.29, 0.717) is 17.4 Å². The maximum Gasteiger partial charge on any atom is 0.268 e. The topological polar surface area (TPSA) is 108 Å². The molecule has 74 heavy (non-hydrogen) atoms. The molecule has 0 aromatic rings. The number of quaternary nitrogens is 1. The molecule has 0 aliphatic carbocycles. The Balaban J connectivity index is 4.18. The fourth-order valence-corrected chi connectivity index (χ4v) is 9.79. The second-order valence-corrected chi connectivity index (χ2v) is 23.8. The van der Waals surface area contributed by atoms with Crippen LogP contribution in [-0.4, -0.2) is 68.5 Å². The summed E-state index contributed by atoms with van der Waals surface area (Å²) in [6.45, 7) is 4.56. The molecule has 0 bridgehead atoms. The molecule has 1 amide bonds. The first-order valence-corrected chi connectivity index (χ1v) is 32.8. The van der Waals surface area contributed by atoms with Crippen LogP contribution in [0.1, 0.15) is 284 Å². The van der Waals surface area contributed by atoms with Crippen molar-refractivity contribution in [2.75, 3.05) is 40.9 Å². The van der Waals surface area contributed by atoms with Crippen LogP contribution in [-0.2, 0) is 18.4 Å². The summed E-state index contributed by atoms with van der Waals surface area (Å²) >= 11 is 0. The highest BCUT2D eigenvalue weighted by atomic mass is 31.2. The molecule has 0 fully saturated rings. The first-order valence-electron chi connectivity index (χ1n) is 31.3. The predicted molar refractivity (Wildman–Crippen MR) is 320 cm³/mol. The van der Waals surface area contributed by atoms with Crippen molar-refractivity contribution >= 4 is 13.7 Å². The summed E-state index contributed by atoms with van der Waals surface area (Å²) in [5, 5.41) is 13.9. The third-order valence-corrected chi connectivity index (χ3v) is 14.9. The van der Waals surface area contributed by atoms with Crippen LogP contribution < -0.4 is 10.2 Å². The van der Waals surface area contributed by atoms with Gasteiger partial charge in [0.05, 0.1) is 39.9 Å². The number of nitrogens with zero attached hydrogens (tertiary/aromatic N) is 1. The van der Waals surface area contributed by atoms with Crippen molar-refractivity contribution < 1.29 is 32.9 Å². The third kappa shape index (κ3) is 57.6. The Labute approximate surface area is 459 Å². The number of hydrogen-bond acceptors (Lipinski definition) is 6. The monoisotopic (exact) mass is 1060 g/mol. The van der Waals surface area contributed by atoms with Gasteiger partial charge in [0.25, 0.3) is 7.82 Å². The minimum atomic E-state index is -4.61. The first kappa shape index (κ1) is 71.9. The molecule has 3 unspecified atom stereocenters. The standard InChI is InChI=1S/C65H121N2O6P/c1-6-8-10-12-14-16-18-20-22-24-26-28-30-32-33-35-36-38-40-42-44-46-48-50-52-54-56-58-64(68)63(62-73-74(70,71)72-61-60-67(3,4)5)66-65(69)59-57-55-53-51-49-47-45-43-41-39-37-34-31-29-27-25-23-21-19-17-15-13-11-9-7-2/h9,11,15,17,21,23,27,29,34,37,56,58,63-64,68H,6-8,10,12-14,16,18-20,22,24-26,28,30-33,35-36,38-55,57,59-62H2,1-5H3,(H-,66,69,70,71)/b11-9-,17-15-,23-21-,29-27-,37-34-,58-56+. The van der Waals surface area contributed by atoms with Crippen LogP contribution in [0.15, 0.2) is 72.9 Å². The smallest absolute Gasteiger partial charge is 0.268 e. The Bertz CT molecular complexity index is 1430. The maximum atomic E-state index is 13.0. The molecule has 0 spiro atoms. The number of phosphoric acid groups is 1. The van der Waals surface area contributed by atoms with Crippen molar-refractivity contribution in [3.8, 4) is 0 Å². The fourth-order valence-electron chi connectivity index (χ4n) is 9.06. The summed E-state index contributed by atoms with van der Waals surface area (Å²) in [4.78, 5) is 25.6. The number of aliphatic hydroxyl groups is 1. The fraction of sp³-hybridized carbons (Fsp3) is 0.800. The van der Waals surface area contributed by atoms with Crippen LogP contribution in [0.4, 0.5) is 0 Å². The summed E-state index contributed by atoms with van der Waals surface area (Å²) in [6, 6.07) is -0.895. The molecule has 0 radical (unpaired) electrons. The summed E-state index contributed by atoms with van der Waals surface area (Å²) in [7, 11) is 1.26. The molecule has 0 aromatic carbocycles. The molecule has 0 heterocycles. The Kier molecular flexibility index (Phi) is 54.1. The van der Waals surface area contributed by atoms with Crippen molar-refractivity contribution in [1.29, 1.82) is 0 Å². The molecule has 9 heteroatoms. The highest BCUT2D eigenvalue weighted by Gasteiger charge is 2.23. The summed E-state index contributed by atoms with van der Waals surface area (Å²) in [5.74, 6) is -0.203. The second-order valence-electron chi connectivity index (χ2n) is 22.4. The Morgan fingerprint density at radius 1 is 0.486 bits per heavy atom. The Morgan fingerprint density at radius 2 is 0.824 bits per heavy atom. The summed E-state index contributed by atoms with van der Waals surface area (Å²) in [6.07, 6.45) is 77.0. The number of allylic oxidation sites excluding steroid dienone is 11. The number of unbranched alkanes of at least 4 members (excludes halogenated alkanes) is 34. The number of amides is 1. The first-order chi connectivity index (χ1) is 36.0. The molecule has 0 saturated carbocycles. The number of nitrogens with one attached hydrogen (secondary N) is 1. The number of carbonyl (C=O) groups excluding carboxylic acids is 1. The van der Waals surface area contributed by atoms with E-state index < -0.39 is 20.0 Å². The maximum absolute atomic E-state index is 13.0. The largest absolute Gasteiger partial charge is 0.756 e. The number of hydrogen-bond donors (Lipinski definition) is 2. The number of phosphoric ester groups is 1. The molecule has 0 aliphatic heterocycles. The highest BCUT2D eigenvalue weighted by molar-refractivity contribution is 7.45. The van der Waals surface area contributed by atoms with Crippen molar-refractivity contribution in [3.05, 3.63) is 72.9 Å². The highest BCUT2D eigenvalue weighted by Crippen LogP contribution is 2.38. The van der Waals surface area contributed by atoms with Crippen LogP contribution in [0.25, 0.3) is 0 Å². The average Bonchev–Trinajstić information content (AvgIpc) is 3.36. The zero-order valence-electron chi connectivity index (χ0n) is 49.3. The van der Waals surface area contributed by atoms with Gasteiger partial charge < -0.3 is 28.8 Å². The van der Waals surface area contributed by atoms with Crippen molar-refractivity contribution in [2.24, 2.45) is 0 Å². The van der Waals surface area contributed by atoms with Crippen LogP contribution in [0.2, 0.25) is 0 Å². The molecular formula is C65H121N2O6P. The normalized spacial score (nSPS) is 14.3. The van der Waals surface area contributed by atoms with E-state index in [1.54, 1.807) is 6.08 Å². The minimum Gasteiger partial charge on any atom is -0.756 e. The van der Waals surface area contributed by atoms with Gasteiger partial charge in [-0.3, -0.25) is 9.36 Å². The lowest BCUT2D eigenvalue weighted by Crippen LogP contribution is -2.45. The molecule has 0 rings (SSSR count). The second kappa shape index (κ2) is 55.7. The lowest BCUT2D eigenvalue weighted by Gasteiger charge is -2.29. The van der Waals surface area contributed by atoms with Crippen molar-refractivity contribution in [3.63, 3.8) is 0 Å². The Morgan fingerprint density at radius 3 is 1.20 bits per heavy atom. The number of carbonyl (C=O) groups is 1. The molecule has 0 aromatic heterocycles. The molecular weight excluding hydrogens is 936 g/mol. The van der Waals surface area contributed by atoms with Gasteiger partial charge in [0, 0.05) is 6.42 Å². The van der Waals surface area contributed by atoms with Gasteiger partial charge in [0.2, 0.25) is 5.91 Å².